The first-order valence-corrected chi connectivity index (χ1v) is 6.83. The van der Waals surface area contributed by atoms with E-state index in [1.807, 2.05) is 0 Å². The number of aromatic carboxylic acids is 1. The molecule has 1 aliphatic rings. The van der Waals surface area contributed by atoms with Gasteiger partial charge in [0.15, 0.2) is 0 Å². The Morgan fingerprint density at radius 1 is 1.47 bits per heavy atom. The lowest BCUT2D eigenvalue weighted by Crippen LogP contribution is -1.99. The van der Waals surface area contributed by atoms with Gasteiger partial charge in [0.05, 0.1) is 0 Å². The molecule has 1 fully saturated rings. The highest BCUT2D eigenvalue weighted by atomic mass is 35.5. The lowest BCUT2D eigenvalue weighted by Gasteiger charge is -2.05. The fourth-order valence-electron chi connectivity index (χ4n) is 1.62. The summed E-state index contributed by atoms with van der Waals surface area (Å²) < 4.78 is 9.69. The Labute approximate surface area is 118 Å². The zero-order valence-electron chi connectivity index (χ0n) is 9.67. The number of carboxylic acid groups (broad SMARTS) is 1. The lowest BCUT2D eigenvalue weighted by atomic mass is 10.2. The van der Waals surface area contributed by atoms with E-state index in [4.69, 9.17) is 21.4 Å². The maximum atomic E-state index is 11.1. The molecular formula is C12H9ClN2O3S. The summed E-state index contributed by atoms with van der Waals surface area (Å²) in [6, 6.07) is 4.37. The van der Waals surface area contributed by atoms with E-state index in [-0.39, 0.29) is 11.3 Å². The largest absolute Gasteiger partial charge is 0.478 e. The minimum absolute atomic E-state index is 0.0487. The SMILES string of the molecule is O=C(O)c1ccc(Cl)cc1Oc1nc(C2CC2)ns1. The molecule has 1 saturated carbocycles. The molecule has 0 amide bonds. The molecule has 0 bridgehead atoms. The van der Waals surface area contributed by atoms with Gasteiger partial charge in [-0.1, -0.05) is 11.6 Å². The zero-order chi connectivity index (χ0) is 13.4. The van der Waals surface area contributed by atoms with Crippen LogP contribution in [-0.2, 0) is 0 Å². The molecule has 0 aliphatic heterocycles. The number of rotatable bonds is 4. The number of carbonyl (C=O) groups is 1. The van der Waals surface area contributed by atoms with Gasteiger partial charge >= 0.3 is 5.97 Å². The average molecular weight is 297 g/mol. The Bertz CT molecular complexity index is 640. The molecule has 7 heteroatoms. The Morgan fingerprint density at radius 2 is 2.26 bits per heavy atom. The smallest absolute Gasteiger partial charge is 0.339 e. The van der Waals surface area contributed by atoms with E-state index in [1.165, 1.54) is 18.2 Å². The van der Waals surface area contributed by atoms with E-state index in [0.29, 0.717) is 16.1 Å². The van der Waals surface area contributed by atoms with Crippen molar-refractivity contribution in [3.8, 4) is 10.9 Å². The molecular weight excluding hydrogens is 288 g/mol. The van der Waals surface area contributed by atoms with Crippen LogP contribution in [0.25, 0.3) is 0 Å². The second-order valence-electron chi connectivity index (χ2n) is 4.24. The Hall–Kier alpha value is -1.66. The topological polar surface area (TPSA) is 72.3 Å². The van der Waals surface area contributed by atoms with Crippen LogP contribution in [0, 0.1) is 0 Å². The summed E-state index contributed by atoms with van der Waals surface area (Å²) >= 11 is 6.97. The van der Waals surface area contributed by atoms with E-state index in [0.717, 1.165) is 30.2 Å². The highest BCUT2D eigenvalue weighted by Crippen LogP contribution is 2.40. The predicted octanol–water partition coefficient (Wildman–Crippen LogP) is 3.56. The number of benzene rings is 1. The molecule has 3 rings (SSSR count). The van der Waals surface area contributed by atoms with E-state index in [2.05, 4.69) is 9.36 Å². The monoisotopic (exact) mass is 296 g/mol. The van der Waals surface area contributed by atoms with Gasteiger partial charge in [0.25, 0.3) is 5.19 Å². The first kappa shape index (κ1) is 12.4. The van der Waals surface area contributed by atoms with Gasteiger partial charge in [-0.2, -0.15) is 9.36 Å². The summed E-state index contributed by atoms with van der Waals surface area (Å²) in [4.78, 5) is 15.3. The molecule has 0 spiro atoms. The van der Waals surface area contributed by atoms with Crippen molar-refractivity contribution < 1.29 is 14.6 Å². The highest BCUT2D eigenvalue weighted by Gasteiger charge is 2.28. The quantitative estimate of drug-likeness (QED) is 0.934. The van der Waals surface area contributed by atoms with Crippen molar-refractivity contribution in [3.63, 3.8) is 0 Å². The van der Waals surface area contributed by atoms with Crippen LogP contribution in [0.4, 0.5) is 0 Å². The summed E-state index contributed by atoms with van der Waals surface area (Å²) in [6.45, 7) is 0. The van der Waals surface area contributed by atoms with E-state index < -0.39 is 5.97 Å². The summed E-state index contributed by atoms with van der Waals surface area (Å²) in [5, 5.41) is 9.83. The maximum Gasteiger partial charge on any atom is 0.339 e. The molecule has 0 saturated heterocycles. The zero-order valence-corrected chi connectivity index (χ0v) is 11.2. The number of carboxylic acids is 1. The molecule has 1 N–H and O–H groups in total. The van der Waals surface area contributed by atoms with Crippen LogP contribution in [-0.4, -0.2) is 20.4 Å². The predicted molar refractivity (Wildman–Crippen MR) is 70.4 cm³/mol. The summed E-state index contributed by atoms with van der Waals surface area (Å²) in [5.41, 5.74) is 0.0487. The second kappa shape index (κ2) is 4.79. The van der Waals surface area contributed by atoms with Gasteiger partial charge in [-0.3, -0.25) is 0 Å². The molecule has 2 aromatic rings. The van der Waals surface area contributed by atoms with Crippen LogP contribution >= 0.6 is 23.1 Å². The van der Waals surface area contributed by atoms with E-state index >= 15 is 0 Å². The van der Waals surface area contributed by atoms with Crippen LogP contribution < -0.4 is 4.74 Å². The average Bonchev–Trinajstić information content (AvgIpc) is 3.10. The van der Waals surface area contributed by atoms with Crippen molar-refractivity contribution in [1.82, 2.24) is 9.36 Å². The number of ether oxygens (including phenoxy) is 1. The lowest BCUT2D eigenvalue weighted by molar-refractivity contribution is 0.0694. The Morgan fingerprint density at radius 3 is 2.95 bits per heavy atom. The molecule has 1 aromatic carbocycles. The molecule has 98 valence electrons. The third kappa shape index (κ3) is 2.69. The minimum Gasteiger partial charge on any atom is -0.478 e. The maximum absolute atomic E-state index is 11.1. The molecule has 0 radical (unpaired) electrons. The van der Waals surface area contributed by atoms with Gasteiger partial charge in [-0.05, 0) is 25.0 Å². The first-order valence-electron chi connectivity index (χ1n) is 5.68. The van der Waals surface area contributed by atoms with Gasteiger partial charge < -0.3 is 9.84 Å². The van der Waals surface area contributed by atoms with E-state index in [1.54, 1.807) is 0 Å². The fourth-order valence-corrected chi connectivity index (χ4v) is 2.41. The number of halogens is 1. The second-order valence-corrected chi connectivity index (χ2v) is 5.39. The standard InChI is InChI=1S/C12H9ClN2O3S/c13-7-3-4-8(11(16)17)9(5-7)18-12-14-10(15-19-12)6-1-2-6/h3-6H,1-2H2,(H,16,17). The van der Waals surface area contributed by atoms with Gasteiger partial charge in [0.1, 0.15) is 17.1 Å². The minimum atomic E-state index is -1.07. The van der Waals surface area contributed by atoms with Crippen LogP contribution in [0.15, 0.2) is 18.2 Å². The van der Waals surface area contributed by atoms with E-state index in [9.17, 15) is 4.79 Å². The molecule has 19 heavy (non-hydrogen) atoms. The summed E-state index contributed by atoms with van der Waals surface area (Å²) in [7, 11) is 0. The fraction of sp³-hybridized carbons (Fsp3) is 0.250. The van der Waals surface area contributed by atoms with Crippen LogP contribution in [0.5, 0.6) is 10.9 Å². The molecule has 0 unspecified atom stereocenters. The van der Waals surface area contributed by atoms with Crippen molar-refractivity contribution in [2.45, 2.75) is 18.8 Å². The van der Waals surface area contributed by atoms with Gasteiger partial charge in [-0.15, -0.1) is 0 Å². The molecule has 1 heterocycles. The van der Waals surface area contributed by atoms with Crippen molar-refractivity contribution in [1.29, 1.82) is 0 Å². The first-order chi connectivity index (χ1) is 9.13. The van der Waals surface area contributed by atoms with Gasteiger partial charge in [0, 0.05) is 28.5 Å². The van der Waals surface area contributed by atoms with Gasteiger partial charge in [-0.25, -0.2) is 4.79 Å². The Balaban J connectivity index is 1.88. The van der Waals surface area contributed by atoms with Crippen LogP contribution in [0.1, 0.15) is 34.9 Å². The van der Waals surface area contributed by atoms with Crippen molar-refractivity contribution in [2.75, 3.05) is 0 Å². The molecule has 1 aromatic heterocycles. The van der Waals surface area contributed by atoms with Crippen molar-refractivity contribution in [3.05, 3.63) is 34.6 Å². The van der Waals surface area contributed by atoms with Gasteiger partial charge in [0.2, 0.25) is 0 Å². The normalized spacial score (nSPS) is 14.4. The summed E-state index contributed by atoms with van der Waals surface area (Å²) in [6.07, 6.45) is 2.21. The Kier molecular flexibility index (Phi) is 3.12. The van der Waals surface area contributed by atoms with Crippen LogP contribution in [0.2, 0.25) is 5.02 Å². The molecule has 1 aliphatic carbocycles. The van der Waals surface area contributed by atoms with Crippen molar-refractivity contribution >= 4 is 29.1 Å². The van der Waals surface area contributed by atoms with Crippen LogP contribution in [0.3, 0.4) is 0 Å². The third-order valence-corrected chi connectivity index (χ3v) is 3.58. The van der Waals surface area contributed by atoms with Crippen molar-refractivity contribution in [2.24, 2.45) is 0 Å². The number of nitrogens with zero attached hydrogens (tertiary/aromatic N) is 2. The highest BCUT2D eigenvalue weighted by molar-refractivity contribution is 7.07. The number of hydrogen-bond acceptors (Lipinski definition) is 5. The third-order valence-electron chi connectivity index (χ3n) is 2.74. The molecule has 0 atom stereocenters. The summed E-state index contributed by atoms with van der Waals surface area (Å²) in [5.74, 6) is 0.322. The molecule has 5 nitrogen and oxygen atoms in total. The number of aromatic nitrogens is 2. The number of hydrogen-bond donors (Lipinski definition) is 1.